The maximum Gasteiger partial charge on any atom is 0.416 e. The van der Waals surface area contributed by atoms with Gasteiger partial charge in [-0.1, -0.05) is 25.1 Å². The maximum absolute atomic E-state index is 13.1. The molecule has 0 aliphatic carbocycles. The highest BCUT2D eigenvalue weighted by molar-refractivity contribution is 5.33. The molecular weight excluding hydrogens is 295 g/mol. The zero-order chi connectivity index (χ0) is 16.3. The van der Waals surface area contributed by atoms with Gasteiger partial charge in [0.15, 0.2) is 0 Å². The summed E-state index contributed by atoms with van der Waals surface area (Å²) in [5, 5.41) is 10.7. The predicted octanol–water partition coefficient (Wildman–Crippen LogP) is 3.68. The summed E-state index contributed by atoms with van der Waals surface area (Å²) in [6.07, 6.45) is -4.35. The van der Waals surface area contributed by atoms with Crippen LogP contribution in [-0.4, -0.2) is 16.2 Å². The van der Waals surface area contributed by atoms with Crippen molar-refractivity contribution in [2.75, 3.05) is 0 Å². The number of rotatable bonds is 5. The van der Waals surface area contributed by atoms with Crippen molar-refractivity contribution < 1.29 is 17.6 Å². The molecule has 0 aliphatic heterocycles. The average Bonchev–Trinajstić information content (AvgIpc) is 2.88. The van der Waals surface area contributed by atoms with E-state index in [0.717, 1.165) is 6.07 Å². The Morgan fingerprint density at radius 3 is 2.45 bits per heavy atom. The van der Waals surface area contributed by atoms with Crippen LogP contribution in [0.3, 0.4) is 0 Å². The van der Waals surface area contributed by atoms with Gasteiger partial charge in [-0.15, -0.1) is 10.2 Å². The summed E-state index contributed by atoms with van der Waals surface area (Å²) in [7, 11) is 0. The molecule has 2 atom stereocenters. The standard InChI is InChI=1S/C15H18F3N3O/c1-9(10(2)19-8-14-21-20-11(3)22-14)12-6-4-5-7-13(12)15(16,17)18/h4-7,9-10,19H,8H2,1-3H3/t9-,10-/m0/s1. The van der Waals surface area contributed by atoms with E-state index in [1.165, 1.54) is 12.1 Å². The summed E-state index contributed by atoms with van der Waals surface area (Å²) in [4.78, 5) is 0. The number of nitrogens with one attached hydrogen (secondary N) is 1. The van der Waals surface area contributed by atoms with Crippen molar-refractivity contribution in [2.24, 2.45) is 0 Å². The number of nitrogens with zero attached hydrogens (tertiary/aromatic N) is 2. The Balaban J connectivity index is 2.09. The molecule has 0 radical (unpaired) electrons. The van der Waals surface area contributed by atoms with E-state index < -0.39 is 11.7 Å². The lowest BCUT2D eigenvalue weighted by Crippen LogP contribution is -2.31. The second-order valence-electron chi connectivity index (χ2n) is 5.26. The Morgan fingerprint density at radius 2 is 1.86 bits per heavy atom. The zero-order valence-corrected chi connectivity index (χ0v) is 12.6. The van der Waals surface area contributed by atoms with Gasteiger partial charge >= 0.3 is 6.18 Å². The molecule has 2 aromatic rings. The van der Waals surface area contributed by atoms with E-state index in [9.17, 15) is 13.2 Å². The molecule has 2 rings (SSSR count). The third-order valence-electron chi connectivity index (χ3n) is 3.65. The van der Waals surface area contributed by atoms with Crippen molar-refractivity contribution in [3.63, 3.8) is 0 Å². The van der Waals surface area contributed by atoms with E-state index in [0.29, 0.717) is 18.3 Å². The summed E-state index contributed by atoms with van der Waals surface area (Å²) in [5.74, 6) is 0.558. The molecule has 22 heavy (non-hydrogen) atoms. The van der Waals surface area contributed by atoms with Gasteiger partial charge in [0.1, 0.15) is 0 Å². The van der Waals surface area contributed by atoms with Gasteiger partial charge in [-0.2, -0.15) is 13.2 Å². The van der Waals surface area contributed by atoms with E-state index in [-0.39, 0.29) is 17.5 Å². The molecule has 0 spiro atoms. The Bertz CT molecular complexity index is 624. The molecule has 1 heterocycles. The van der Waals surface area contributed by atoms with Crippen LogP contribution in [0.15, 0.2) is 28.7 Å². The molecule has 0 aliphatic rings. The van der Waals surface area contributed by atoms with Gasteiger partial charge in [0, 0.05) is 13.0 Å². The number of halogens is 3. The fourth-order valence-electron chi connectivity index (χ4n) is 2.26. The van der Waals surface area contributed by atoms with Crippen molar-refractivity contribution in [3.8, 4) is 0 Å². The number of alkyl halides is 3. The average molecular weight is 313 g/mol. The minimum atomic E-state index is -4.35. The highest BCUT2D eigenvalue weighted by atomic mass is 19.4. The minimum Gasteiger partial charge on any atom is -0.424 e. The van der Waals surface area contributed by atoms with Crippen LogP contribution in [-0.2, 0) is 12.7 Å². The molecule has 7 heteroatoms. The van der Waals surface area contributed by atoms with Crippen LogP contribution in [0.25, 0.3) is 0 Å². The van der Waals surface area contributed by atoms with Crippen LogP contribution >= 0.6 is 0 Å². The smallest absolute Gasteiger partial charge is 0.416 e. The van der Waals surface area contributed by atoms with Crippen LogP contribution in [0.5, 0.6) is 0 Å². The molecule has 0 bridgehead atoms. The number of hydrogen-bond acceptors (Lipinski definition) is 4. The molecule has 0 amide bonds. The first-order valence-electron chi connectivity index (χ1n) is 6.97. The monoisotopic (exact) mass is 313 g/mol. The molecule has 120 valence electrons. The second kappa shape index (κ2) is 6.48. The third-order valence-corrected chi connectivity index (χ3v) is 3.65. The molecule has 1 aromatic carbocycles. The summed E-state index contributed by atoms with van der Waals surface area (Å²) in [6.45, 7) is 5.60. The molecule has 0 saturated heterocycles. The van der Waals surface area contributed by atoms with E-state index in [4.69, 9.17) is 4.42 Å². The maximum atomic E-state index is 13.1. The number of aromatic nitrogens is 2. The second-order valence-corrected chi connectivity index (χ2v) is 5.26. The van der Waals surface area contributed by atoms with Gasteiger partial charge in [0.05, 0.1) is 12.1 Å². The topological polar surface area (TPSA) is 51.0 Å². The summed E-state index contributed by atoms with van der Waals surface area (Å²) in [5.41, 5.74) is -0.318. The third kappa shape index (κ3) is 3.85. The lowest BCUT2D eigenvalue weighted by molar-refractivity contribution is -0.138. The Morgan fingerprint density at radius 1 is 1.18 bits per heavy atom. The lowest BCUT2D eigenvalue weighted by atomic mass is 9.90. The Hall–Kier alpha value is -1.89. The van der Waals surface area contributed by atoms with E-state index in [2.05, 4.69) is 15.5 Å². The molecule has 4 nitrogen and oxygen atoms in total. The minimum absolute atomic E-state index is 0.185. The van der Waals surface area contributed by atoms with Crippen LogP contribution in [0.4, 0.5) is 13.2 Å². The van der Waals surface area contributed by atoms with Crippen LogP contribution in [0.2, 0.25) is 0 Å². The Kier molecular flexibility index (Phi) is 4.85. The summed E-state index contributed by atoms with van der Waals surface area (Å²) < 4.78 is 44.4. The van der Waals surface area contributed by atoms with Crippen molar-refractivity contribution in [3.05, 3.63) is 47.2 Å². The van der Waals surface area contributed by atoms with E-state index in [1.807, 2.05) is 6.92 Å². The quantitative estimate of drug-likeness (QED) is 0.915. The van der Waals surface area contributed by atoms with Crippen LogP contribution in [0.1, 0.15) is 42.7 Å². The van der Waals surface area contributed by atoms with Crippen molar-refractivity contribution in [1.29, 1.82) is 0 Å². The lowest BCUT2D eigenvalue weighted by Gasteiger charge is -2.24. The van der Waals surface area contributed by atoms with Gasteiger partial charge in [-0.25, -0.2) is 0 Å². The highest BCUT2D eigenvalue weighted by Gasteiger charge is 2.34. The zero-order valence-electron chi connectivity index (χ0n) is 12.6. The molecule has 1 aromatic heterocycles. The molecule has 1 N–H and O–H groups in total. The van der Waals surface area contributed by atoms with Gasteiger partial charge in [0.2, 0.25) is 11.8 Å². The SMILES string of the molecule is Cc1nnc(CN[C@@H](C)[C@H](C)c2ccccc2C(F)(F)F)o1. The van der Waals surface area contributed by atoms with Crippen molar-refractivity contribution in [1.82, 2.24) is 15.5 Å². The van der Waals surface area contributed by atoms with Gasteiger partial charge in [-0.05, 0) is 24.5 Å². The molecule has 0 fully saturated rings. The van der Waals surface area contributed by atoms with Gasteiger partial charge < -0.3 is 9.73 Å². The molecule has 0 saturated carbocycles. The van der Waals surface area contributed by atoms with E-state index >= 15 is 0 Å². The normalized spacial score (nSPS) is 14.8. The van der Waals surface area contributed by atoms with Gasteiger partial charge in [0.25, 0.3) is 0 Å². The van der Waals surface area contributed by atoms with Crippen LogP contribution in [0, 0.1) is 6.92 Å². The fourth-order valence-corrected chi connectivity index (χ4v) is 2.26. The summed E-state index contributed by atoms with van der Waals surface area (Å²) >= 11 is 0. The van der Waals surface area contributed by atoms with Crippen molar-refractivity contribution in [2.45, 2.75) is 45.5 Å². The number of hydrogen-bond donors (Lipinski definition) is 1. The molecular formula is C15H18F3N3O. The first-order chi connectivity index (χ1) is 10.3. The first-order valence-corrected chi connectivity index (χ1v) is 6.97. The van der Waals surface area contributed by atoms with Gasteiger partial charge in [-0.3, -0.25) is 0 Å². The van der Waals surface area contributed by atoms with Crippen LogP contribution < -0.4 is 5.32 Å². The van der Waals surface area contributed by atoms with E-state index in [1.54, 1.807) is 19.9 Å². The number of aryl methyl sites for hydroxylation is 1. The largest absolute Gasteiger partial charge is 0.424 e. The predicted molar refractivity (Wildman–Crippen MR) is 75.2 cm³/mol. The number of benzene rings is 1. The summed E-state index contributed by atoms with van der Waals surface area (Å²) in [6, 6.07) is 5.46. The fraction of sp³-hybridized carbons (Fsp3) is 0.467. The Labute approximate surface area is 126 Å². The first kappa shape index (κ1) is 16.5. The van der Waals surface area contributed by atoms with Crippen molar-refractivity contribution >= 4 is 0 Å². The highest BCUT2D eigenvalue weighted by Crippen LogP contribution is 2.35. The molecule has 0 unspecified atom stereocenters.